The molecule has 1 N–H and O–H groups in total. The lowest BCUT2D eigenvalue weighted by Crippen LogP contribution is -3.09. The lowest BCUT2D eigenvalue weighted by Gasteiger charge is -2.12. The first-order valence-corrected chi connectivity index (χ1v) is 2.86. The van der Waals surface area contributed by atoms with Crippen molar-refractivity contribution in [2.75, 3.05) is 20.1 Å². The molecule has 1 heterocycles. The molecule has 1 aliphatic rings. The van der Waals surface area contributed by atoms with E-state index in [1.165, 1.54) is 19.5 Å². The SMILES string of the molecule is C[NH+]1CC=CCC1. The predicted octanol–water partition coefficient (Wildman–Crippen LogP) is -0.539. The summed E-state index contributed by atoms with van der Waals surface area (Å²) in [5, 5.41) is 0. The Hall–Kier alpha value is -0.300. The van der Waals surface area contributed by atoms with Crippen LogP contribution in [0.15, 0.2) is 12.2 Å². The van der Waals surface area contributed by atoms with E-state index < -0.39 is 0 Å². The van der Waals surface area contributed by atoms with Crippen molar-refractivity contribution in [2.24, 2.45) is 0 Å². The summed E-state index contributed by atoms with van der Waals surface area (Å²) in [6, 6.07) is 0. The second-order valence-corrected chi connectivity index (χ2v) is 2.17. The number of rotatable bonds is 0. The first-order valence-electron chi connectivity index (χ1n) is 2.86. The van der Waals surface area contributed by atoms with E-state index >= 15 is 0 Å². The molecular formula is C6H12N+. The van der Waals surface area contributed by atoms with Gasteiger partial charge in [0.1, 0.15) is 0 Å². The van der Waals surface area contributed by atoms with Gasteiger partial charge in [-0.15, -0.1) is 0 Å². The standard InChI is InChI=1S/C6H11N/c1-7-5-3-2-4-6-7/h2-3H,4-6H2,1H3/p+1. The van der Waals surface area contributed by atoms with Crippen LogP contribution in [0.25, 0.3) is 0 Å². The minimum Gasteiger partial charge on any atom is -0.334 e. The average molecular weight is 98.2 g/mol. The van der Waals surface area contributed by atoms with Crippen LogP contribution in [-0.4, -0.2) is 20.1 Å². The van der Waals surface area contributed by atoms with Crippen LogP contribution in [0.2, 0.25) is 0 Å². The zero-order chi connectivity index (χ0) is 5.11. The van der Waals surface area contributed by atoms with E-state index in [-0.39, 0.29) is 0 Å². The molecule has 1 rings (SSSR count). The molecule has 0 bridgehead atoms. The zero-order valence-electron chi connectivity index (χ0n) is 4.78. The van der Waals surface area contributed by atoms with Gasteiger partial charge in [-0.1, -0.05) is 6.08 Å². The summed E-state index contributed by atoms with van der Waals surface area (Å²) in [6.07, 6.45) is 5.78. The normalized spacial score (nSPS) is 30.7. The third-order valence-corrected chi connectivity index (χ3v) is 1.37. The molecule has 40 valence electrons. The molecule has 0 saturated carbocycles. The molecule has 1 aliphatic heterocycles. The summed E-state index contributed by atoms with van der Waals surface area (Å²) < 4.78 is 0. The maximum Gasteiger partial charge on any atom is 0.0956 e. The second kappa shape index (κ2) is 2.12. The van der Waals surface area contributed by atoms with Gasteiger partial charge in [0.25, 0.3) is 0 Å². The Balaban J connectivity index is 2.32. The van der Waals surface area contributed by atoms with Crippen molar-refractivity contribution < 1.29 is 4.90 Å². The largest absolute Gasteiger partial charge is 0.334 e. The molecule has 0 spiro atoms. The Kier molecular flexibility index (Phi) is 1.47. The summed E-state index contributed by atoms with van der Waals surface area (Å²) in [7, 11) is 2.23. The van der Waals surface area contributed by atoms with Crippen molar-refractivity contribution in [3.63, 3.8) is 0 Å². The van der Waals surface area contributed by atoms with E-state index in [4.69, 9.17) is 0 Å². The van der Waals surface area contributed by atoms with Crippen LogP contribution < -0.4 is 4.90 Å². The van der Waals surface area contributed by atoms with Crippen molar-refractivity contribution in [3.05, 3.63) is 12.2 Å². The van der Waals surface area contributed by atoms with Gasteiger partial charge in [-0.05, 0) is 6.08 Å². The third-order valence-electron chi connectivity index (χ3n) is 1.37. The molecule has 0 saturated heterocycles. The lowest BCUT2D eigenvalue weighted by atomic mass is 10.3. The highest BCUT2D eigenvalue weighted by Gasteiger charge is 1.99. The van der Waals surface area contributed by atoms with Crippen LogP contribution in [0.3, 0.4) is 0 Å². The molecule has 0 aliphatic carbocycles. The lowest BCUT2D eigenvalue weighted by molar-refractivity contribution is -0.874. The van der Waals surface area contributed by atoms with Gasteiger partial charge in [0.05, 0.1) is 20.1 Å². The summed E-state index contributed by atoms with van der Waals surface area (Å²) in [6.45, 7) is 2.54. The van der Waals surface area contributed by atoms with Crippen LogP contribution in [0, 0.1) is 0 Å². The van der Waals surface area contributed by atoms with Gasteiger partial charge in [0.15, 0.2) is 0 Å². The Morgan fingerprint density at radius 2 is 2.29 bits per heavy atom. The maximum atomic E-state index is 2.26. The Morgan fingerprint density at radius 1 is 1.43 bits per heavy atom. The molecular weight excluding hydrogens is 86.1 g/mol. The zero-order valence-corrected chi connectivity index (χ0v) is 4.78. The fourth-order valence-corrected chi connectivity index (χ4v) is 0.834. The number of nitrogens with one attached hydrogen (secondary N) is 1. The molecule has 0 fully saturated rings. The first kappa shape index (κ1) is 4.85. The molecule has 1 atom stereocenters. The summed E-state index contributed by atoms with van der Waals surface area (Å²) in [5.41, 5.74) is 0. The second-order valence-electron chi connectivity index (χ2n) is 2.17. The van der Waals surface area contributed by atoms with Crippen LogP contribution in [0.1, 0.15) is 6.42 Å². The predicted molar refractivity (Wildman–Crippen MR) is 30.4 cm³/mol. The van der Waals surface area contributed by atoms with Crippen molar-refractivity contribution in [2.45, 2.75) is 6.42 Å². The highest BCUT2D eigenvalue weighted by atomic mass is 15.1. The van der Waals surface area contributed by atoms with E-state index in [9.17, 15) is 0 Å². The minimum atomic E-state index is 1.22. The average Bonchev–Trinajstić information content (AvgIpc) is 1.69. The highest BCUT2D eigenvalue weighted by Crippen LogP contribution is 1.79. The molecule has 1 heteroatoms. The van der Waals surface area contributed by atoms with Crippen molar-refractivity contribution in [1.82, 2.24) is 0 Å². The number of hydrogen-bond donors (Lipinski definition) is 1. The van der Waals surface area contributed by atoms with Gasteiger partial charge in [-0.3, -0.25) is 0 Å². The van der Waals surface area contributed by atoms with Gasteiger partial charge in [-0.2, -0.15) is 0 Å². The molecule has 0 amide bonds. The maximum absolute atomic E-state index is 2.26. The molecule has 0 radical (unpaired) electrons. The van der Waals surface area contributed by atoms with E-state index in [0.29, 0.717) is 0 Å². The number of likely N-dealkylation sites (N-methyl/N-ethyl adjacent to an activating group) is 1. The van der Waals surface area contributed by atoms with Crippen molar-refractivity contribution in [1.29, 1.82) is 0 Å². The van der Waals surface area contributed by atoms with Crippen LogP contribution in [0.5, 0.6) is 0 Å². The van der Waals surface area contributed by atoms with Gasteiger partial charge < -0.3 is 4.90 Å². The summed E-state index contributed by atoms with van der Waals surface area (Å²) in [5.74, 6) is 0. The molecule has 0 aromatic carbocycles. The monoisotopic (exact) mass is 98.1 g/mol. The third kappa shape index (κ3) is 1.32. The van der Waals surface area contributed by atoms with Gasteiger partial charge in [0.2, 0.25) is 0 Å². The van der Waals surface area contributed by atoms with Crippen molar-refractivity contribution in [3.8, 4) is 0 Å². The number of hydrogen-bond acceptors (Lipinski definition) is 0. The highest BCUT2D eigenvalue weighted by molar-refractivity contribution is 4.82. The Labute approximate surface area is 44.6 Å². The van der Waals surface area contributed by atoms with E-state index in [2.05, 4.69) is 19.2 Å². The van der Waals surface area contributed by atoms with Gasteiger partial charge in [-0.25, -0.2) is 0 Å². The Bertz CT molecular complexity index is 76.2. The molecule has 7 heavy (non-hydrogen) atoms. The topological polar surface area (TPSA) is 4.44 Å². The summed E-state index contributed by atoms with van der Waals surface area (Å²) >= 11 is 0. The molecule has 0 aromatic heterocycles. The van der Waals surface area contributed by atoms with Crippen molar-refractivity contribution >= 4 is 0 Å². The minimum absolute atomic E-state index is 1.22. The van der Waals surface area contributed by atoms with Gasteiger partial charge >= 0.3 is 0 Å². The molecule has 1 unspecified atom stereocenters. The fourth-order valence-electron chi connectivity index (χ4n) is 0.834. The van der Waals surface area contributed by atoms with Crippen LogP contribution >= 0.6 is 0 Å². The fraction of sp³-hybridized carbons (Fsp3) is 0.667. The Morgan fingerprint density at radius 3 is 2.57 bits per heavy atom. The smallest absolute Gasteiger partial charge is 0.0956 e. The van der Waals surface area contributed by atoms with E-state index in [1.807, 2.05) is 0 Å². The van der Waals surface area contributed by atoms with Crippen LogP contribution in [0.4, 0.5) is 0 Å². The van der Waals surface area contributed by atoms with Gasteiger partial charge in [0, 0.05) is 6.42 Å². The van der Waals surface area contributed by atoms with E-state index in [1.54, 1.807) is 4.90 Å². The summed E-state index contributed by atoms with van der Waals surface area (Å²) in [4.78, 5) is 1.63. The number of quaternary nitrogens is 1. The first-order chi connectivity index (χ1) is 3.39. The quantitative estimate of drug-likeness (QED) is 0.388. The molecule has 0 aromatic rings. The molecule has 1 nitrogen and oxygen atoms in total. The van der Waals surface area contributed by atoms with E-state index in [0.717, 1.165) is 0 Å². The van der Waals surface area contributed by atoms with Crippen LogP contribution in [-0.2, 0) is 0 Å².